The van der Waals surface area contributed by atoms with Crippen molar-refractivity contribution in [3.05, 3.63) is 53.7 Å². The fourth-order valence-corrected chi connectivity index (χ4v) is 3.76. The van der Waals surface area contributed by atoms with Gasteiger partial charge in [-0.2, -0.15) is 0 Å². The standard InChI is InChI=1S/C24H33N3O2/c1-5-29-23-19(8-6-14-25-23)17-27-15-7-9-18(16-27)22(28)26-21-12-10-20(11-13-21)24(2,3)4/h6,8,10-14,18H,5,7,9,15-17H2,1-4H3,(H,26,28). The minimum atomic E-state index is -0.00161. The first-order chi connectivity index (χ1) is 13.9. The summed E-state index contributed by atoms with van der Waals surface area (Å²) in [5.41, 5.74) is 3.32. The second-order valence-electron chi connectivity index (χ2n) is 8.79. The highest BCUT2D eigenvalue weighted by atomic mass is 16.5. The number of amides is 1. The molecule has 0 aliphatic carbocycles. The second-order valence-corrected chi connectivity index (χ2v) is 8.79. The topological polar surface area (TPSA) is 54.5 Å². The van der Waals surface area contributed by atoms with E-state index in [0.29, 0.717) is 12.5 Å². The SMILES string of the molecule is CCOc1ncccc1CN1CCCC(C(=O)Nc2ccc(C(C)(C)C)cc2)C1. The summed E-state index contributed by atoms with van der Waals surface area (Å²) in [5, 5.41) is 3.10. The highest BCUT2D eigenvalue weighted by Crippen LogP contribution is 2.25. The van der Waals surface area contributed by atoms with Gasteiger partial charge < -0.3 is 10.1 Å². The van der Waals surface area contributed by atoms with Gasteiger partial charge in [-0.15, -0.1) is 0 Å². The van der Waals surface area contributed by atoms with Gasteiger partial charge in [0, 0.05) is 30.5 Å². The molecule has 1 unspecified atom stereocenters. The molecule has 5 heteroatoms. The molecule has 156 valence electrons. The van der Waals surface area contributed by atoms with Gasteiger partial charge in [-0.25, -0.2) is 4.98 Å². The zero-order valence-corrected chi connectivity index (χ0v) is 18.1. The molecule has 2 heterocycles. The number of carbonyl (C=O) groups is 1. The van der Waals surface area contributed by atoms with Crippen molar-refractivity contribution in [2.24, 2.45) is 5.92 Å². The summed E-state index contributed by atoms with van der Waals surface area (Å²) < 4.78 is 5.65. The summed E-state index contributed by atoms with van der Waals surface area (Å²) in [6.45, 7) is 11.6. The molecule has 0 radical (unpaired) electrons. The van der Waals surface area contributed by atoms with Crippen LogP contribution in [0.4, 0.5) is 5.69 Å². The van der Waals surface area contributed by atoms with Crippen LogP contribution >= 0.6 is 0 Å². The molecule has 1 aliphatic heterocycles. The first-order valence-corrected chi connectivity index (χ1v) is 10.6. The van der Waals surface area contributed by atoms with E-state index in [1.165, 1.54) is 5.56 Å². The van der Waals surface area contributed by atoms with Gasteiger partial charge in [-0.3, -0.25) is 9.69 Å². The monoisotopic (exact) mass is 395 g/mol. The van der Waals surface area contributed by atoms with Gasteiger partial charge in [-0.1, -0.05) is 39.0 Å². The van der Waals surface area contributed by atoms with Gasteiger partial charge in [0.25, 0.3) is 0 Å². The third-order valence-electron chi connectivity index (χ3n) is 5.42. The van der Waals surface area contributed by atoms with Gasteiger partial charge in [0.1, 0.15) is 0 Å². The largest absolute Gasteiger partial charge is 0.478 e. The number of benzene rings is 1. The van der Waals surface area contributed by atoms with Gasteiger partial charge in [-0.05, 0) is 55.5 Å². The Bertz CT molecular complexity index is 812. The summed E-state index contributed by atoms with van der Waals surface area (Å²) >= 11 is 0. The van der Waals surface area contributed by atoms with E-state index >= 15 is 0 Å². The number of aromatic nitrogens is 1. The molecule has 1 aliphatic rings. The molecule has 1 aromatic carbocycles. The molecule has 0 spiro atoms. The lowest BCUT2D eigenvalue weighted by Gasteiger charge is -2.32. The minimum absolute atomic E-state index is 0.00161. The lowest BCUT2D eigenvalue weighted by Crippen LogP contribution is -2.40. The normalized spacial score (nSPS) is 17.7. The Kier molecular flexibility index (Phi) is 6.91. The first kappa shape index (κ1) is 21.3. The van der Waals surface area contributed by atoms with Crippen molar-refractivity contribution in [1.29, 1.82) is 0 Å². The summed E-state index contributed by atoms with van der Waals surface area (Å²) in [4.78, 5) is 19.5. The van der Waals surface area contributed by atoms with Gasteiger partial charge >= 0.3 is 0 Å². The molecule has 1 atom stereocenters. The number of anilines is 1. The van der Waals surface area contributed by atoms with Crippen LogP contribution in [0.1, 0.15) is 51.7 Å². The third kappa shape index (κ3) is 5.80. The zero-order chi connectivity index (χ0) is 20.9. The van der Waals surface area contributed by atoms with E-state index in [0.717, 1.165) is 43.7 Å². The number of hydrogen-bond acceptors (Lipinski definition) is 4. The number of nitrogens with one attached hydrogen (secondary N) is 1. The molecular weight excluding hydrogens is 362 g/mol. The van der Waals surface area contributed by atoms with Crippen LogP contribution in [-0.2, 0) is 16.8 Å². The molecule has 0 saturated carbocycles. The fraction of sp³-hybridized carbons (Fsp3) is 0.500. The Morgan fingerprint density at radius 2 is 2.00 bits per heavy atom. The zero-order valence-electron chi connectivity index (χ0n) is 18.1. The second kappa shape index (κ2) is 9.40. The number of piperidine rings is 1. The number of pyridine rings is 1. The summed E-state index contributed by atoms with van der Waals surface area (Å²) in [6.07, 6.45) is 3.70. The van der Waals surface area contributed by atoms with Crippen LogP contribution in [0.5, 0.6) is 5.88 Å². The molecule has 1 fully saturated rings. The third-order valence-corrected chi connectivity index (χ3v) is 5.42. The van der Waals surface area contributed by atoms with Crippen LogP contribution < -0.4 is 10.1 Å². The Labute approximate surface area is 174 Å². The highest BCUT2D eigenvalue weighted by molar-refractivity contribution is 5.92. The van der Waals surface area contributed by atoms with Crippen LogP contribution in [0.2, 0.25) is 0 Å². The molecule has 5 nitrogen and oxygen atoms in total. The predicted molar refractivity (Wildman–Crippen MR) is 117 cm³/mol. The van der Waals surface area contributed by atoms with Crippen molar-refractivity contribution in [2.75, 3.05) is 25.0 Å². The van der Waals surface area contributed by atoms with Crippen molar-refractivity contribution < 1.29 is 9.53 Å². The van der Waals surface area contributed by atoms with Crippen molar-refractivity contribution in [3.8, 4) is 5.88 Å². The Balaban J connectivity index is 1.59. The number of ether oxygens (including phenoxy) is 1. The van der Waals surface area contributed by atoms with Crippen LogP contribution in [0.3, 0.4) is 0 Å². The minimum Gasteiger partial charge on any atom is -0.478 e. The molecule has 3 rings (SSSR count). The van der Waals surface area contributed by atoms with Gasteiger partial charge in [0.2, 0.25) is 11.8 Å². The maximum Gasteiger partial charge on any atom is 0.228 e. The number of rotatable bonds is 6. The van der Waals surface area contributed by atoms with E-state index in [4.69, 9.17) is 4.74 Å². The van der Waals surface area contributed by atoms with E-state index in [2.05, 4.69) is 54.2 Å². The number of carbonyl (C=O) groups excluding carboxylic acids is 1. The van der Waals surface area contributed by atoms with Crippen LogP contribution in [0.25, 0.3) is 0 Å². The van der Waals surface area contributed by atoms with Crippen molar-refractivity contribution in [2.45, 2.75) is 52.5 Å². The van der Waals surface area contributed by atoms with Crippen LogP contribution in [-0.4, -0.2) is 35.5 Å². The molecular formula is C24H33N3O2. The van der Waals surface area contributed by atoms with E-state index < -0.39 is 0 Å². The van der Waals surface area contributed by atoms with Gasteiger partial charge in [0.05, 0.1) is 12.5 Å². The number of likely N-dealkylation sites (tertiary alicyclic amines) is 1. The first-order valence-electron chi connectivity index (χ1n) is 10.6. The smallest absolute Gasteiger partial charge is 0.228 e. The maximum atomic E-state index is 12.8. The Hall–Kier alpha value is -2.40. The summed E-state index contributed by atoms with van der Waals surface area (Å²) in [6, 6.07) is 12.2. The molecule has 1 N–H and O–H groups in total. The van der Waals surface area contributed by atoms with Crippen LogP contribution in [0.15, 0.2) is 42.6 Å². The van der Waals surface area contributed by atoms with E-state index in [1.807, 2.05) is 25.1 Å². The molecule has 1 saturated heterocycles. The molecule has 0 bridgehead atoms. The molecule has 2 aromatic rings. The van der Waals surface area contributed by atoms with E-state index in [9.17, 15) is 4.79 Å². The summed E-state index contributed by atoms with van der Waals surface area (Å²) in [5.74, 6) is 0.799. The molecule has 1 amide bonds. The Morgan fingerprint density at radius 3 is 2.69 bits per heavy atom. The summed E-state index contributed by atoms with van der Waals surface area (Å²) in [7, 11) is 0. The van der Waals surface area contributed by atoms with Crippen LogP contribution in [0, 0.1) is 5.92 Å². The Morgan fingerprint density at radius 1 is 1.24 bits per heavy atom. The lowest BCUT2D eigenvalue weighted by atomic mass is 9.87. The number of nitrogens with zero attached hydrogens (tertiary/aromatic N) is 2. The average molecular weight is 396 g/mol. The molecule has 1 aromatic heterocycles. The van der Waals surface area contributed by atoms with E-state index in [-0.39, 0.29) is 17.2 Å². The van der Waals surface area contributed by atoms with E-state index in [1.54, 1.807) is 6.20 Å². The average Bonchev–Trinajstić information content (AvgIpc) is 2.70. The maximum absolute atomic E-state index is 12.8. The fourth-order valence-electron chi connectivity index (χ4n) is 3.76. The lowest BCUT2D eigenvalue weighted by molar-refractivity contribution is -0.121. The predicted octanol–water partition coefficient (Wildman–Crippen LogP) is 4.63. The van der Waals surface area contributed by atoms with Crippen molar-refractivity contribution in [1.82, 2.24) is 9.88 Å². The quantitative estimate of drug-likeness (QED) is 0.775. The number of hydrogen-bond donors (Lipinski definition) is 1. The van der Waals surface area contributed by atoms with Crippen molar-refractivity contribution >= 4 is 11.6 Å². The molecule has 29 heavy (non-hydrogen) atoms. The van der Waals surface area contributed by atoms with Gasteiger partial charge in [0.15, 0.2) is 0 Å². The highest BCUT2D eigenvalue weighted by Gasteiger charge is 2.26. The van der Waals surface area contributed by atoms with Crippen molar-refractivity contribution in [3.63, 3.8) is 0 Å².